The molecule has 3 aliphatic heterocycles. The molecule has 3 aromatic rings. The van der Waals surface area contributed by atoms with Gasteiger partial charge in [0.2, 0.25) is 11.8 Å². The van der Waals surface area contributed by atoms with Crippen LogP contribution in [0.3, 0.4) is 0 Å². The molecule has 0 aromatic heterocycles. The third kappa shape index (κ3) is 4.36. The molecule has 3 heterocycles. The monoisotopic (exact) mass is 564 g/mol. The minimum Gasteiger partial charge on any atom is -0.478 e. The molecule has 0 bridgehead atoms. The number of hydrogen-bond acceptors (Lipinski definition) is 5. The lowest BCUT2D eigenvalue weighted by Crippen LogP contribution is -2.56. The SMILES string of the molecule is O=C(O)c1cccc(CN2CN(c3ccccc3)C3(CCN(CCCC4CC45C(=O)Nc4ccccc45)CC3)C2=O)c1. The number of para-hydroxylation sites is 2. The molecule has 42 heavy (non-hydrogen) atoms. The van der Waals surface area contributed by atoms with Gasteiger partial charge in [0.15, 0.2) is 0 Å². The zero-order chi connectivity index (χ0) is 28.9. The molecule has 8 heteroatoms. The molecule has 3 aromatic carbocycles. The molecule has 1 aliphatic carbocycles. The van der Waals surface area contributed by atoms with Gasteiger partial charge < -0.3 is 25.1 Å². The maximum absolute atomic E-state index is 14.1. The molecule has 2 N–H and O–H groups in total. The minimum atomic E-state index is -0.965. The van der Waals surface area contributed by atoms with Crippen LogP contribution in [-0.4, -0.2) is 64.5 Å². The number of benzene rings is 3. The van der Waals surface area contributed by atoms with Gasteiger partial charge in [0, 0.05) is 31.0 Å². The van der Waals surface area contributed by atoms with Crippen molar-refractivity contribution in [3.05, 3.63) is 95.6 Å². The molecule has 0 radical (unpaired) electrons. The van der Waals surface area contributed by atoms with Crippen LogP contribution in [0.25, 0.3) is 0 Å². The van der Waals surface area contributed by atoms with Gasteiger partial charge in [-0.25, -0.2) is 4.79 Å². The van der Waals surface area contributed by atoms with Crippen LogP contribution in [0.1, 0.15) is 53.6 Å². The molecule has 2 atom stereocenters. The van der Waals surface area contributed by atoms with E-state index < -0.39 is 11.5 Å². The predicted octanol–water partition coefficient (Wildman–Crippen LogP) is 4.72. The number of hydrogen-bond donors (Lipinski definition) is 2. The highest BCUT2D eigenvalue weighted by Gasteiger charge is 2.63. The van der Waals surface area contributed by atoms with Crippen LogP contribution in [-0.2, 0) is 21.5 Å². The summed E-state index contributed by atoms with van der Waals surface area (Å²) in [4.78, 5) is 45.0. The molecular formula is C34H36N4O4. The molecule has 2 spiro atoms. The lowest BCUT2D eigenvalue weighted by molar-refractivity contribution is -0.134. The largest absolute Gasteiger partial charge is 0.478 e. The average Bonchev–Trinajstić information content (AvgIpc) is 3.60. The number of carbonyl (C=O) groups is 3. The molecule has 8 nitrogen and oxygen atoms in total. The Bertz CT molecular complexity index is 1530. The Morgan fingerprint density at radius 1 is 0.952 bits per heavy atom. The first-order valence-corrected chi connectivity index (χ1v) is 15.0. The third-order valence-corrected chi connectivity index (χ3v) is 10.0. The number of fused-ring (bicyclic) bond motifs is 2. The van der Waals surface area contributed by atoms with Crippen molar-refractivity contribution < 1.29 is 19.5 Å². The number of nitrogens with one attached hydrogen (secondary N) is 1. The number of carbonyl (C=O) groups excluding carboxylic acids is 2. The van der Waals surface area contributed by atoms with E-state index in [9.17, 15) is 19.5 Å². The molecule has 3 fully saturated rings. The molecular weight excluding hydrogens is 528 g/mol. The zero-order valence-corrected chi connectivity index (χ0v) is 23.7. The number of piperidine rings is 1. The fraction of sp³-hybridized carbons (Fsp3) is 0.382. The van der Waals surface area contributed by atoms with Gasteiger partial charge in [-0.15, -0.1) is 0 Å². The van der Waals surface area contributed by atoms with Gasteiger partial charge in [0.1, 0.15) is 5.54 Å². The average molecular weight is 565 g/mol. The van der Waals surface area contributed by atoms with Crippen molar-refractivity contribution in [1.29, 1.82) is 0 Å². The standard InChI is InChI=1S/C34H36N4O4/c39-30(40)25-9-6-8-24(20-25)22-37-23-38(27-11-2-1-3-12-27)33(32(37)42)15-18-36(19-16-33)17-7-10-26-21-34(26)28-13-4-5-14-29(28)35-31(34)41/h1-6,8-9,11-14,20,26H,7,10,15-19,21-23H2,(H,35,41)(H,39,40). The summed E-state index contributed by atoms with van der Waals surface area (Å²) in [6.07, 6.45) is 4.49. The first-order valence-electron chi connectivity index (χ1n) is 15.0. The van der Waals surface area contributed by atoms with E-state index in [1.807, 2.05) is 47.4 Å². The van der Waals surface area contributed by atoms with Crippen molar-refractivity contribution in [2.75, 3.05) is 36.5 Å². The van der Waals surface area contributed by atoms with Crippen LogP contribution in [0.5, 0.6) is 0 Å². The van der Waals surface area contributed by atoms with Gasteiger partial charge in [-0.05, 0) is 86.0 Å². The molecule has 1 saturated carbocycles. The molecule has 216 valence electrons. The molecule has 4 aliphatic rings. The Hall–Kier alpha value is -4.17. The molecule has 2 unspecified atom stereocenters. The fourth-order valence-corrected chi connectivity index (χ4v) is 7.68. The summed E-state index contributed by atoms with van der Waals surface area (Å²) < 4.78 is 0. The smallest absolute Gasteiger partial charge is 0.335 e. The van der Waals surface area contributed by atoms with Gasteiger partial charge in [0.25, 0.3) is 0 Å². The second-order valence-corrected chi connectivity index (χ2v) is 12.3. The van der Waals surface area contributed by atoms with Crippen LogP contribution in [0.4, 0.5) is 11.4 Å². The highest BCUT2D eigenvalue weighted by Crippen LogP contribution is 2.61. The van der Waals surface area contributed by atoms with Crippen LogP contribution in [0.2, 0.25) is 0 Å². The molecule has 7 rings (SSSR count). The van der Waals surface area contributed by atoms with Gasteiger partial charge in [-0.1, -0.05) is 48.5 Å². The second kappa shape index (κ2) is 10.3. The molecule has 2 amide bonds. The number of aromatic carboxylic acids is 1. The zero-order valence-electron chi connectivity index (χ0n) is 23.7. The first-order chi connectivity index (χ1) is 20.4. The maximum atomic E-state index is 14.1. The van der Waals surface area contributed by atoms with Crippen LogP contribution >= 0.6 is 0 Å². The quantitative estimate of drug-likeness (QED) is 0.412. The highest BCUT2D eigenvalue weighted by atomic mass is 16.4. The summed E-state index contributed by atoms with van der Waals surface area (Å²) in [7, 11) is 0. The Labute approximate surface area is 245 Å². The van der Waals surface area contributed by atoms with E-state index in [1.54, 1.807) is 18.2 Å². The number of carboxylic acids is 1. The predicted molar refractivity (Wildman–Crippen MR) is 160 cm³/mol. The number of amides is 2. The lowest BCUT2D eigenvalue weighted by atomic mass is 9.85. The first kappa shape index (κ1) is 26.7. The van der Waals surface area contributed by atoms with E-state index >= 15 is 0 Å². The number of rotatable bonds is 8. The van der Waals surface area contributed by atoms with Gasteiger partial charge in [-0.3, -0.25) is 9.59 Å². The van der Waals surface area contributed by atoms with Crippen molar-refractivity contribution >= 4 is 29.2 Å². The normalized spacial score (nSPS) is 24.3. The van der Waals surface area contributed by atoms with E-state index in [0.717, 1.165) is 68.7 Å². The number of carboxylic acid groups (broad SMARTS) is 1. The van der Waals surface area contributed by atoms with Crippen LogP contribution in [0.15, 0.2) is 78.9 Å². The Morgan fingerprint density at radius 2 is 1.71 bits per heavy atom. The van der Waals surface area contributed by atoms with E-state index in [4.69, 9.17) is 0 Å². The van der Waals surface area contributed by atoms with E-state index in [-0.39, 0.29) is 22.8 Å². The van der Waals surface area contributed by atoms with Crippen LogP contribution in [0, 0.1) is 5.92 Å². The number of anilines is 2. The Balaban J connectivity index is 1.00. The second-order valence-electron chi connectivity index (χ2n) is 12.3. The lowest BCUT2D eigenvalue weighted by Gasteiger charge is -2.43. The van der Waals surface area contributed by atoms with Gasteiger partial charge in [-0.2, -0.15) is 0 Å². The van der Waals surface area contributed by atoms with Gasteiger partial charge in [0.05, 0.1) is 17.6 Å². The van der Waals surface area contributed by atoms with Gasteiger partial charge >= 0.3 is 5.97 Å². The van der Waals surface area contributed by atoms with Crippen molar-refractivity contribution in [2.45, 2.75) is 49.6 Å². The highest BCUT2D eigenvalue weighted by molar-refractivity contribution is 6.08. The summed E-state index contributed by atoms with van der Waals surface area (Å²) in [6.45, 7) is 3.52. The van der Waals surface area contributed by atoms with Crippen molar-refractivity contribution in [3.63, 3.8) is 0 Å². The summed E-state index contributed by atoms with van der Waals surface area (Å²) in [6, 6.07) is 25.1. The fourth-order valence-electron chi connectivity index (χ4n) is 7.68. The number of likely N-dealkylation sites (tertiary alicyclic amines) is 1. The van der Waals surface area contributed by atoms with Crippen LogP contribution < -0.4 is 10.2 Å². The third-order valence-electron chi connectivity index (χ3n) is 10.0. The summed E-state index contributed by atoms with van der Waals surface area (Å²) in [5.41, 5.74) is 3.31. The van der Waals surface area contributed by atoms with Crippen molar-refractivity contribution in [3.8, 4) is 0 Å². The Morgan fingerprint density at radius 3 is 2.50 bits per heavy atom. The Kier molecular flexibility index (Phi) is 6.54. The maximum Gasteiger partial charge on any atom is 0.335 e. The van der Waals surface area contributed by atoms with E-state index in [2.05, 4.69) is 33.3 Å². The van der Waals surface area contributed by atoms with E-state index in [0.29, 0.717) is 19.1 Å². The summed E-state index contributed by atoms with van der Waals surface area (Å²) in [5.74, 6) is -0.283. The van der Waals surface area contributed by atoms with Crippen molar-refractivity contribution in [2.24, 2.45) is 5.92 Å². The topological polar surface area (TPSA) is 93.2 Å². The molecule has 2 saturated heterocycles. The van der Waals surface area contributed by atoms with E-state index in [1.165, 1.54) is 5.56 Å². The summed E-state index contributed by atoms with van der Waals surface area (Å²) in [5, 5.41) is 12.5. The van der Waals surface area contributed by atoms with Crippen molar-refractivity contribution in [1.82, 2.24) is 9.80 Å². The minimum absolute atomic E-state index is 0.123. The summed E-state index contributed by atoms with van der Waals surface area (Å²) >= 11 is 0. The number of nitrogens with zero attached hydrogens (tertiary/aromatic N) is 3.